The van der Waals surface area contributed by atoms with E-state index < -0.39 is 23.5 Å². The van der Waals surface area contributed by atoms with Crippen molar-refractivity contribution in [3.8, 4) is 0 Å². The van der Waals surface area contributed by atoms with Crippen LogP contribution in [0, 0.1) is 0 Å². The van der Waals surface area contributed by atoms with Crippen molar-refractivity contribution in [2.24, 2.45) is 0 Å². The molecule has 0 saturated heterocycles. The van der Waals surface area contributed by atoms with Crippen molar-refractivity contribution in [3.05, 3.63) is 59.7 Å². The van der Waals surface area contributed by atoms with Crippen LogP contribution >= 0.6 is 24.4 Å². The molecule has 10 heteroatoms. The molecule has 0 aliphatic heterocycles. The highest BCUT2D eigenvalue weighted by Gasteiger charge is 2.31. The van der Waals surface area contributed by atoms with Gasteiger partial charge < -0.3 is 10.6 Å². The predicted molar refractivity (Wildman–Crippen MR) is 95.3 cm³/mol. The molecule has 0 unspecified atom stereocenters. The summed E-state index contributed by atoms with van der Waals surface area (Å²) in [6.45, 7) is 0. The van der Waals surface area contributed by atoms with Crippen molar-refractivity contribution in [2.75, 3.05) is 10.6 Å². The summed E-state index contributed by atoms with van der Waals surface area (Å²) in [4.78, 5) is -0.256. The average Bonchev–Trinajstić information content (AvgIpc) is 2.53. The Hall–Kier alpha value is -2.20. The van der Waals surface area contributed by atoms with Crippen LogP contribution in [0.5, 0.6) is 0 Å². The van der Waals surface area contributed by atoms with E-state index in [0.717, 1.165) is 24.3 Å². The minimum Gasteiger partial charge on any atom is -0.344 e. The van der Waals surface area contributed by atoms with Crippen LogP contribution in [0.2, 0.25) is 0 Å². The van der Waals surface area contributed by atoms with Crippen LogP contribution in [-0.4, -0.2) is 9.98 Å². The van der Waals surface area contributed by atoms with Gasteiger partial charge in [-0.15, -0.1) is 0 Å². The molecule has 2 aromatic carbocycles. The SMILES string of the molecule is FC(F)(F)c1cccc(NC(=S)C(=S)Nc2cccc(C(F)(F)F)c2)c1. The Morgan fingerprint density at radius 1 is 0.654 bits per heavy atom. The quantitative estimate of drug-likeness (QED) is 0.477. The highest BCUT2D eigenvalue weighted by atomic mass is 32.1. The number of hydrogen-bond donors (Lipinski definition) is 2. The van der Waals surface area contributed by atoms with Crippen molar-refractivity contribution in [1.82, 2.24) is 0 Å². The zero-order valence-electron chi connectivity index (χ0n) is 12.7. The van der Waals surface area contributed by atoms with Crippen molar-refractivity contribution in [3.63, 3.8) is 0 Å². The molecule has 2 nitrogen and oxygen atoms in total. The molecule has 0 amide bonds. The van der Waals surface area contributed by atoms with E-state index in [1.54, 1.807) is 0 Å². The van der Waals surface area contributed by atoms with Gasteiger partial charge in [0.15, 0.2) is 0 Å². The van der Waals surface area contributed by atoms with E-state index in [2.05, 4.69) is 10.6 Å². The lowest BCUT2D eigenvalue weighted by atomic mass is 10.2. The molecule has 0 fully saturated rings. The van der Waals surface area contributed by atoms with E-state index in [9.17, 15) is 26.3 Å². The first-order chi connectivity index (χ1) is 12.0. The molecule has 0 spiro atoms. The fourth-order valence-corrected chi connectivity index (χ4v) is 2.26. The van der Waals surface area contributed by atoms with Gasteiger partial charge in [-0.25, -0.2) is 0 Å². The summed E-state index contributed by atoms with van der Waals surface area (Å²) in [5.41, 5.74) is -1.64. The maximum Gasteiger partial charge on any atom is 0.416 e. The summed E-state index contributed by atoms with van der Waals surface area (Å²) < 4.78 is 76.2. The second kappa shape index (κ2) is 7.58. The van der Waals surface area contributed by atoms with E-state index in [1.165, 1.54) is 24.3 Å². The summed E-state index contributed by atoms with van der Waals surface area (Å²) in [6.07, 6.45) is -9.04. The smallest absolute Gasteiger partial charge is 0.344 e. The standard InChI is InChI=1S/C16H10F6N2S2/c17-15(18,19)9-3-1-5-11(7-9)23-13(25)14(26)24-12-6-2-4-10(8-12)16(20,21)22/h1-8H,(H,23,25)(H,24,26). The molecule has 0 heterocycles. The lowest BCUT2D eigenvalue weighted by molar-refractivity contribution is -0.138. The Bertz CT molecular complexity index is 760. The number of benzene rings is 2. The zero-order chi connectivity index (χ0) is 19.5. The van der Waals surface area contributed by atoms with Crippen LogP contribution in [0.25, 0.3) is 0 Å². The second-order valence-corrected chi connectivity index (χ2v) is 5.88. The van der Waals surface area contributed by atoms with Crippen LogP contribution in [-0.2, 0) is 12.4 Å². The molecule has 0 aliphatic carbocycles. The average molecular weight is 408 g/mol. The summed E-state index contributed by atoms with van der Waals surface area (Å²) in [7, 11) is 0. The molecule has 0 radical (unpaired) electrons. The lowest BCUT2D eigenvalue weighted by Crippen LogP contribution is -2.26. The molecule has 2 N–H and O–H groups in total. The van der Waals surface area contributed by atoms with Gasteiger partial charge in [0.2, 0.25) is 0 Å². The predicted octanol–water partition coefficient (Wildman–Crippen LogP) is 5.90. The molecule has 0 saturated carbocycles. The van der Waals surface area contributed by atoms with Crippen LogP contribution in [0.1, 0.15) is 11.1 Å². The minimum atomic E-state index is -4.52. The monoisotopic (exact) mass is 408 g/mol. The minimum absolute atomic E-state index is 0.0537. The van der Waals surface area contributed by atoms with Crippen LogP contribution in [0.4, 0.5) is 37.7 Å². The molecular weight excluding hydrogens is 398 g/mol. The first-order valence-electron chi connectivity index (χ1n) is 6.93. The highest BCUT2D eigenvalue weighted by molar-refractivity contribution is 7.89. The third-order valence-electron chi connectivity index (χ3n) is 3.10. The van der Waals surface area contributed by atoms with Gasteiger partial charge in [-0.1, -0.05) is 36.6 Å². The van der Waals surface area contributed by atoms with Crippen LogP contribution in [0.15, 0.2) is 48.5 Å². The maximum absolute atomic E-state index is 12.7. The number of thiocarbonyl (C=S) groups is 2. The van der Waals surface area contributed by atoms with E-state index in [-0.39, 0.29) is 21.4 Å². The summed E-state index contributed by atoms with van der Waals surface area (Å²) in [5.74, 6) is 0. The highest BCUT2D eigenvalue weighted by Crippen LogP contribution is 2.31. The lowest BCUT2D eigenvalue weighted by Gasteiger charge is -2.14. The molecule has 2 aromatic rings. The fourth-order valence-electron chi connectivity index (χ4n) is 1.92. The second-order valence-electron chi connectivity index (χ2n) is 5.07. The molecule has 26 heavy (non-hydrogen) atoms. The summed E-state index contributed by atoms with van der Waals surface area (Å²) in [5, 5.41) is 5.05. The number of halogens is 6. The van der Waals surface area contributed by atoms with Crippen molar-refractivity contribution in [2.45, 2.75) is 12.4 Å². The molecule has 138 valence electrons. The van der Waals surface area contributed by atoms with Crippen LogP contribution < -0.4 is 10.6 Å². The van der Waals surface area contributed by atoms with Gasteiger partial charge in [0, 0.05) is 11.4 Å². The first kappa shape index (κ1) is 20.1. The summed E-state index contributed by atoms with van der Waals surface area (Å²) >= 11 is 9.97. The van der Waals surface area contributed by atoms with Gasteiger partial charge in [-0.05, 0) is 36.4 Å². The Labute approximate surface area is 155 Å². The van der Waals surface area contributed by atoms with Gasteiger partial charge >= 0.3 is 12.4 Å². The van der Waals surface area contributed by atoms with Crippen molar-refractivity contribution >= 4 is 45.8 Å². The van der Waals surface area contributed by atoms with Gasteiger partial charge in [-0.2, -0.15) is 26.3 Å². The number of alkyl halides is 6. The van der Waals surface area contributed by atoms with Gasteiger partial charge in [0.25, 0.3) is 0 Å². The molecular formula is C16H10F6N2S2. The first-order valence-corrected chi connectivity index (χ1v) is 7.75. The molecule has 0 bridgehead atoms. The van der Waals surface area contributed by atoms with E-state index >= 15 is 0 Å². The maximum atomic E-state index is 12.7. The topological polar surface area (TPSA) is 24.1 Å². The number of rotatable bonds is 2. The van der Waals surface area contributed by atoms with Gasteiger partial charge in [0.05, 0.1) is 11.1 Å². The van der Waals surface area contributed by atoms with E-state index in [4.69, 9.17) is 24.4 Å². The molecule has 0 aliphatic rings. The normalized spacial score (nSPS) is 11.8. The van der Waals surface area contributed by atoms with Gasteiger partial charge in [0.1, 0.15) is 9.98 Å². The fraction of sp³-hybridized carbons (Fsp3) is 0.125. The molecule has 0 atom stereocenters. The Morgan fingerprint density at radius 2 is 1.00 bits per heavy atom. The Kier molecular flexibility index (Phi) is 5.87. The van der Waals surface area contributed by atoms with Crippen molar-refractivity contribution < 1.29 is 26.3 Å². The van der Waals surface area contributed by atoms with Crippen LogP contribution in [0.3, 0.4) is 0 Å². The third kappa shape index (κ3) is 5.40. The van der Waals surface area contributed by atoms with E-state index in [0.29, 0.717) is 0 Å². The van der Waals surface area contributed by atoms with Crippen molar-refractivity contribution in [1.29, 1.82) is 0 Å². The van der Waals surface area contributed by atoms with Gasteiger partial charge in [-0.3, -0.25) is 0 Å². The number of hydrogen-bond acceptors (Lipinski definition) is 2. The molecule has 2 rings (SSSR count). The molecule has 0 aromatic heterocycles. The van der Waals surface area contributed by atoms with E-state index in [1.807, 2.05) is 0 Å². The largest absolute Gasteiger partial charge is 0.416 e. The summed E-state index contributed by atoms with van der Waals surface area (Å²) in [6, 6.07) is 8.58. The number of anilines is 2. The Morgan fingerprint density at radius 3 is 1.31 bits per heavy atom. The third-order valence-corrected chi connectivity index (χ3v) is 3.84. The Balaban J connectivity index is 2.08. The zero-order valence-corrected chi connectivity index (χ0v) is 14.3. The number of nitrogens with one attached hydrogen (secondary N) is 2.